The molecule has 0 N–H and O–H groups in total. The summed E-state index contributed by atoms with van der Waals surface area (Å²) in [6.45, 7) is 0. The first-order valence-electron chi connectivity index (χ1n) is 10.3. The zero-order valence-electron chi connectivity index (χ0n) is 18.6. The van der Waals surface area contributed by atoms with Crippen LogP contribution >= 0.6 is 15.9 Å². The molecule has 6 nitrogen and oxygen atoms in total. The van der Waals surface area contributed by atoms with Crippen LogP contribution in [-0.4, -0.2) is 37.4 Å². The van der Waals surface area contributed by atoms with Crippen molar-refractivity contribution in [3.63, 3.8) is 0 Å². The zero-order chi connectivity index (χ0) is 23.2. The smallest absolute Gasteiger partial charge is 0.247 e. The standard InChI is InChI=1S/C26H23BrN4O2/c1-31(28-17-18-9-14-24(32-2)25(15-18)33-3)26-29-22(19-7-5-4-6-8-19)16-23(30-26)20-10-12-21(27)13-11-20/h4-17H,1-3H3. The van der Waals surface area contributed by atoms with Crippen LogP contribution in [-0.2, 0) is 0 Å². The van der Waals surface area contributed by atoms with Gasteiger partial charge in [0.05, 0.1) is 31.8 Å². The summed E-state index contributed by atoms with van der Waals surface area (Å²) in [5.41, 5.74) is 4.52. The number of nitrogens with zero attached hydrogens (tertiary/aromatic N) is 4. The van der Waals surface area contributed by atoms with Crippen molar-refractivity contribution in [2.24, 2.45) is 5.10 Å². The van der Waals surface area contributed by atoms with Gasteiger partial charge in [-0.1, -0.05) is 58.4 Å². The molecule has 166 valence electrons. The number of ether oxygens (including phenoxy) is 2. The van der Waals surface area contributed by atoms with Crippen LogP contribution in [0.25, 0.3) is 22.5 Å². The lowest BCUT2D eigenvalue weighted by molar-refractivity contribution is 0.355. The molecule has 0 bridgehead atoms. The van der Waals surface area contributed by atoms with Crippen molar-refractivity contribution in [2.45, 2.75) is 0 Å². The lowest BCUT2D eigenvalue weighted by Gasteiger charge is -2.14. The fraction of sp³-hybridized carbons (Fsp3) is 0.115. The molecule has 4 aromatic rings. The number of hydrogen-bond donors (Lipinski definition) is 0. The second kappa shape index (κ2) is 10.3. The molecule has 0 aliphatic carbocycles. The molecular formula is C26H23BrN4O2. The number of hydrogen-bond acceptors (Lipinski definition) is 6. The molecule has 33 heavy (non-hydrogen) atoms. The quantitative estimate of drug-likeness (QED) is 0.227. The molecular weight excluding hydrogens is 480 g/mol. The van der Waals surface area contributed by atoms with E-state index in [1.807, 2.05) is 85.9 Å². The van der Waals surface area contributed by atoms with Gasteiger partial charge in [0.2, 0.25) is 5.95 Å². The minimum atomic E-state index is 0.492. The van der Waals surface area contributed by atoms with Crippen LogP contribution < -0.4 is 14.5 Å². The van der Waals surface area contributed by atoms with E-state index in [1.165, 1.54) is 0 Å². The van der Waals surface area contributed by atoms with Gasteiger partial charge in [0.15, 0.2) is 11.5 Å². The first-order chi connectivity index (χ1) is 16.1. The van der Waals surface area contributed by atoms with Crippen molar-refractivity contribution in [3.05, 3.63) is 88.9 Å². The van der Waals surface area contributed by atoms with Gasteiger partial charge in [-0.25, -0.2) is 15.0 Å². The molecule has 0 aliphatic heterocycles. The highest BCUT2D eigenvalue weighted by molar-refractivity contribution is 9.10. The van der Waals surface area contributed by atoms with Crippen LogP contribution in [0.4, 0.5) is 5.95 Å². The summed E-state index contributed by atoms with van der Waals surface area (Å²) in [6.07, 6.45) is 1.74. The Morgan fingerprint density at radius 1 is 0.788 bits per heavy atom. The predicted octanol–water partition coefficient (Wildman–Crippen LogP) is 6.06. The van der Waals surface area contributed by atoms with Crippen LogP contribution in [0.1, 0.15) is 5.56 Å². The summed E-state index contributed by atoms with van der Waals surface area (Å²) in [5.74, 6) is 1.80. The Hall–Kier alpha value is -3.71. The summed E-state index contributed by atoms with van der Waals surface area (Å²) >= 11 is 3.49. The Kier molecular flexibility index (Phi) is 7.00. The van der Waals surface area contributed by atoms with Gasteiger partial charge in [0, 0.05) is 22.6 Å². The molecule has 7 heteroatoms. The van der Waals surface area contributed by atoms with Crippen LogP contribution in [0.2, 0.25) is 0 Å². The van der Waals surface area contributed by atoms with Crippen LogP contribution in [0.15, 0.2) is 88.4 Å². The second-order valence-electron chi connectivity index (χ2n) is 7.19. The van der Waals surface area contributed by atoms with Crippen LogP contribution in [0, 0.1) is 0 Å². The first kappa shape index (κ1) is 22.5. The van der Waals surface area contributed by atoms with Gasteiger partial charge >= 0.3 is 0 Å². The Balaban J connectivity index is 1.70. The van der Waals surface area contributed by atoms with E-state index in [0.29, 0.717) is 17.4 Å². The SMILES string of the molecule is COc1ccc(C=NN(C)c2nc(-c3ccccc3)cc(-c3ccc(Br)cc3)n2)cc1OC. The molecule has 0 fully saturated rings. The van der Waals surface area contributed by atoms with E-state index in [0.717, 1.165) is 32.6 Å². The summed E-state index contributed by atoms with van der Waals surface area (Å²) in [7, 11) is 5.05. The monoisotopic (exact) mass is 502 g/mol. The molecule has 0 aliphatic rings. The number of rotatable bonds is 7. The number of hydrazone groups is 1. The first-order valence-corrected chi connectivity index (χ1v) is 11.1. The minimum absolute atomic E-state index is 0.492. The number of benzene rings is 3. The van der Waals surface area contributed by atoms with Gasteiger partial charge in [-0.05, 0) is 42.0 Å². The lowest BCUT2D eigenvalue weighted by Crippen LogP contribution is -2.13. The van der Waals surface area contributed by atoms with Gasteiger partial charge in [0.1, 0.15) is 0 Å². The van der Waals surface area contributed by atoms with Gasteiger partial charge in [0.25, 0.3) is 0 Å². The normalized spacial score (nSPS) is 10.9. The van der Waals surface area contributed by atoms with Crippen molar-refractivity contribution in [1.29, 1.82) is 0 Å². The Labute approximate surface area is 201 Å². The number of aromatic nitrogens is 2. The molecule has 3 aromatic carbocycles. The third kappa shape index (κ3) is 5.38. The van der Waals surface area contributed by atoms with E-state index >= 15 is 0 Å². The number of halogens is 1. The van der Waals surface area contributed by atoms with E-state index in [2.05, 4.69) is 21.0 Å². The molecule has 1 heterocycles. The molecule has 0 saturated carbocycles. The van der Waals surface area contributed by atoms with Crippen molar-refractivity contribution >= 4 is 28.1 Å². The van der Waals surface area contributed by atoms with Crippen molar-refractivity contribution in [1.82, 2.24) is 9.97 Å². The molecule has 0 unspecified atom stereocenters. The lowest BCUT2D eigenvalue weighted by atomic mass is 10.1. The molecule has 0 saturated heterocycles. The highest BCUT2D eigenvalue weighted by Crippen LogP contribution is 2.28. The largest absolute Gasteiger partial charge is 0.493 e. The minimum Gasteiger partial charge on any atom is -0.493 e. The van der Waals surface area contributed by atoms with Gasteiger partial charge < -0.3 is 9.47 Å². The fourth-order valence-electron chi connectivity index (χ4n) is 3.24. The maximum atomic E-state index is 5.38. The molecule has 0 radical (unpaired) electrons. The molecule has 0 amide bonds. The van der Waals surface area contributed by atoms with Crippen molar-refractivity contribution in [2.75, 3.05) is 26.3 Å². The van der Waals surface area contributed by atoms with E-state index in [1.54, 1.807) is 25.4 Å². The highest BCUT2D eigenvalue weighted by atomic mass is 79.9. The van der Waals surface area contributed by atoms with Crippen molar-refractivity contribution in [3.8, 4) is 34.0 Å². The van der Waals surface area contributed by atoms with E-state index in [4.69, 9.17) is 19.4 Å². The molecule has 0 spiro atoms. The van der Waals surface area contributed by atoms with Gasteiger partial charge in [-0.3, -0.25) is 0 Å². The van der Waals surface area contributed by atoms with E-state index in [9.17, 15) is 0 Å². The van der Waals surface area contributed by atoms with Crippen LogP contribution in [0.3, 0.4) is 0 Å². The number of anilines is 1. The second-order valence-corrected chi connectivity index (χ2v) is 8.11. The summed E-state index contributed by atoms with van der Waals surface area (Å²) in [4.78, 5) is 9.54. The van der Waals surface area contributed by atoms with Crippen LogP contribution in [0.5, 0.6) is 11.5 Å². The molecule has 1 aromatic heterocycles. The maximum absolute atomic E-state index is 5.38. The number of methoxy groups -OCH3 is 2. The zero-order valence-corrected chi connectivity index (χ0v) is 20.2. The Morgan fingerprint density at radius 3 is 2.06 bits per heavy atom. The highest BCUT2D eigenvalue weighted by Gasteiger charge is 2.12. The Morgan fingerprint density at radius 2 is 1.42 bits per heavy atom. The maximum Gasteiger partial charge on any atom is 0.247 e. The summed E-state index contributed by atoms with van der Waals surface area (Å²) in [6, 6.07) is 25.7. The van der Waals surface area contributed by atoms with Crippen molar-refractivity contribution < 1.29 is 9.47 Å². The topological polar surface area (TPSA) is 59.8 Å². The molecule has 0 atom stereocenters. The third-order valence-corrected chi connectivity index (χ3v) is 5.53. The van der Waals surface area contributed by atoms with Gasteiger partial charge in [-0.15, -0.1) is 0 Å². The van der Waals surface area contributed by atoms with Gasteiger partial charge in [-0.2, -0.15) is 5.10 Å². The van der Waals surface area contributed by atoms with E-state index in [-0.39, 0.29) is 0 Å². The summed E-state index contributed by atoms with van der Waals surface area (Å²) < 4.78 is 11.7. The average Bonchev–Trinajstić information content (AvgIpc) is 2.87. The third-order valence-electron chi connectivity index (χ3n) is 5.00. The van der Waals surface area contributed by atoms with E-state index < -0.39 is 0 Å². The summed E-state index contributed by atoms with van der Waals surface area (Å²) in [5, 5.41) is 6.22. The fourth-order valence-corrected chi connectivity index (χ4v) is 3.51. The predicted molar refractivity (Wildman–Crippen MR) is 136 cm³/mol. The average molecular weight is 503 g/mol. The molecule has 4 rings (SSSR count). The Bertz CT molecular complexity index is 1260.